The minimum Gasteiger partial charge on any atom is -0.508 e. The van der Waals surface area contributed by atoms with Crippen LogP contribution in [0, 0.1) is 6.92 Å². The van der Waals surface area contributed by atoms with E-state index in [0.29, 0.717) is 11.3 Å². The van der Waals surface area contributed by atoms with Crippen molar-refractivity contribution in [2.45, 2.75) is 6.92 Å². The van der Waals surface area contributed by atoms with Crippen LogP contribution < -0.4 is 5.32 Å². The molecule has 0 spiro atoms. The summed E-state index contributed by atoms with van der Waals surface area (Å²) < 4.78 is 0.952. The lowest BCUT2D eigenvalue weighted by Gasteiger charge is -2.06. The maximum absolute atomic E-state index is 11.9. The molecule has 0 unspecified atom stereocenters. The van der Waals surface area contributed by atoms with E-state index < -0.39 is 0 Å². The lowest BCUT2D eigenvalue weighted by atomic mass is 10.1. The predicted octanol–water partition coefficient (Wildman–Crippen LogP) is 3.72. The van der Waals surface area contributed by atoms with Crippen molar-refractivity contribution in [2.24, 2.45) is 0 Å². The van der Waals surface area contributed by atoms with Crippen molar-refractivity contribution in [1.29, 1.82) is 0 Å². The van der Waals surface area contributed by atoms with Crippen LogP contribution in [-0.2, 0) is 0 Å². The first-order valence-corrected chi connectivity index (χ1v) is 6.22. The highest BCUT2D eigenvalue weighted by atomic mass is 79.9. The van der Waals surface area contributed by atoms with E-state index in [1.54, 1.807) is 31.2 Å². The third kappa shape index (κ3) is 2.90. The zero-order valence-corrected chi connectivity index (χ0v) is 11.4. The second-order valence-electron chi connectivity index (χ2n) is 3.96. The van der Waals surface area contributed by atoms with Gasteiger partial charge in [0.25, 0.3) is 5.91 Å². The summed E-state index contributed by atoms with van der Waals surface area (Å²) in [5.41, 5.74) is 1.89. The van der Waals surface area contributed by atoms with Crippen molar-refractivity contribution >= 4 is 27.5 Å². The fraction of sp³-hybridized carbons (Fsp3) is 0.0714. The summed E-state index contributed by atoms with van der Waals surface area (Å²) in [5.74, 6) is -0.119. The Morgan fingerprint density at radius 3 is 2.44 bits per heavy atom. The van der Waals surface area contributed by atoms with Gasteiger partial charge in [0.05, 0.1) is 0 Å². The van der Waals surface area contributed by atoms with Gasteiger partial charge in [-0.15, -0.1) is 0 Å². The second kappa shape index (κ2) is 5.23. The summed E-state index contributed by atoms with van der Waals surface area (Å²) in [7, 11) is 0. The van der Waals surface area contributed by atoms with Crippen molar-refractivity contribution in [3.8, 4) is 5.75 Å². The molecule has 0 aromatic heterocycles. The molecule has 0 radical (unpaired) electrons. The number of carbonyl (C=O) groups is 1. The SMILES string of the molecule is Cc1ccc(C(=O)Nc2ccc(Br)cc2)cc1O. The third-order valence-electron chi connectivity index (χ3n) is 2.57. The molecule has 2 aromatic carbocycles. The van der Waals surface area contributed by atoms with Gasteiger partial charge in [-0.05, 0) is 48.9 Å². The molecule has 92 valence electrons. The second-order valence-corrected chi connectivity index (χ2v) is 4.88. The quantitative estimate of drug-likeness (QED) is 0.888. The van der Waals surface area contributed by atoms with Crippen molar-refractivity contribution < 1.29 is 9.90 Å². The maximum Gasteiger partial charge on any atom is 0.255 e. The number of rotatable bonds is 2. The van der Waals surface area contributed by atoms with Gasteiger partial charge in [-0.1, -0.05) is 22.0 Å². The molecule has 2 N–H and O–H groups in total. The molecule has 0 fully saturated rings. The van der Waals surface area contributed by atoms with Gasteiger partial charge in [0.1, 0.15) is 5.75 Å². The Hall–Kier alpha value is -1.81. The molecule has 3 nitrogen and oxygen atoms in total. The van der Waals surface area contributed by atoms with E-state index in [9.17, 15) is 9.90 Å². The Labute approximate surface area is 114 Å². The Bertz CT molecular complexity index is 579. The van der Waals surface area contributed by atoms with Gasteiger partial charge in [-0.2, -0.15) is 0 Å². The highest BCUT2D eigenvalue weighted by Gasteiger charge is 2.07. The molecule has 0 aliphatic heterocycles. The standard InChI is InChI=1S/C14H12BrNO2/c1-9-2-3-10(8-13(9)17)14(18)16-12-6-4-11(15)5-7-12/h2-8,17H,1H3,(H,16,18). The first-order chi connectivity index (χ1) is 8.56. The molecule has 0 saturated heterocycles. The number of nitrogens with one attached hydrogen (secondary N) is 1. The zero-order chi connectivity index (χ0) is 13.1. The summed E-state index contributed by atoms with van der Waals surface area (Å²) in [6.07, 6.45) is 0. The van der Waals surface area contributed by atoms with Crippen LogP contribution in [-0.4, -0.2) is 11.0 Å². The van der Waals surface area contributed by atoms with Crippen molar-refractivity contribution in [3.63, 3.8) is 0 Å². The van der Waals surface area contributed by atoms with Gasteiger partial charge >= 0.3 is 0 Å². The lowest BCUT2D eigenvalue weighted by molar-refractivity contribution is 0.102. The van der Waals surface area contributed by atoms with Gasteiger partial charge in [0.15, 0.2) is 0 Å². The van der Waals surface area contributed by atoms with Crippen molar-refractivity contribution in [2.75, 3.05) is 5.32 Å². The molecular weight excluding hydrogens is 294 g/mol. The highest BCUT2D eigenvalue weighted by Crippen LogP contribution is 2.19. The molecular formula is C14H12BrNO2. The van der Waals surface area contributed by atoms with E-state index in [1.807, 2.05) is 12.1 Å². The molecule has 0 saturated carbocycles. The number of amides is 1. The van der Waals surface area contributed by atoms with Crippen LogP contribution in [0.3, 0.4) is 0 Å². The zero-order valence-electron chi connectivity index (χ0n) is 9.77. The van der Waals surface area contributed by atoms with Crippen LogP contribution in [0.5, 0.6) is 5.75 Å². The average Bonchev–Trinajstić information content (AvgIpc) is 2.35. The Morgan fingerprint density at radius 2 is 1.83 bits per heavy atom. The molecule has 1 amide bonds. The molecule has 0 aliphatic rings. The van der Waals surface area contributed by atoms with E-state index >= 15 is 0 Å². The summed E-state index contributed by atoms with van der Waals surface area (Å²) >= 11 is 3.33. The molecule has 0 atom stereocenters. The molecule has 2 rings (SSSR count). The monoisotopic (exact) mass is 305 g/mol. The van der Waals surface area contributed by atoms with Crippen LogP contribution in [0.25, 0.3) is 0 Å². The number of aromatic hydroxyl groups is 1. The third-order valence-corrected chi connectivity index (χ3v) is 3.10. The number of hydrogen-bond donors (Lipinski definition) is 2. The van der Waals surface area contributed by atoms with Gasteiger partial charge in [-0.3, -0.25) is 4.79 Å². The number of hydrogen-bond acceptors (Lipinski definition) is 2. The summed E-state index contributed by atoms with van der Waals surface area (Å²) in [6.45, 7) is 1.78. The molecule has 2 aromatic rings. The first kappa shape index (κ1) is 12.6. The van der Waals surface area contributed by atoms with Gasteiger partial charge in [0, 0.05) is 15.7 Å². The van der Waals surface area contributed by atoms with E-state index in [2.05, 4.69) is 21.2 Å². The number of carbonyl (C=O) groups excluding carboxylic acids is 1. The fourth-order valence-electron chi connectivity index (χ4n) is 1.49. The van der Waals surface area contributed by atoms with Crippen molar-refractivity contribution in [1.82, 2.24) is 0 Å². The minimum absolute atomic E-state index is 0.124. The first-order valence-electron chi connectivity index (χ1n) is 5.43. The Kier molecular flexibility index (Phi) is 3.67. The largest absolute Gasteiger partial charge is 0.508 e. The maximum atomic E-state index is 11.9. The average molecular weight is 306 g/mol. The van der Waals surface area contributed by atoms with Gasteiger partial charge in [-0.25, -0.2) is 0 Å². The van der Waals surface area contributed by atoms with Crippen LogP contribution >= 0.6 is 15.9 Å². The normalized spacial score (nSPS) is 10.1. The number of halogens is 1. The summed E-state index contributed by atoms with van der Waals surface area (Å²) in [5, 5.41) is 12.3. The van der Waals surface area contributed by atoms with Crippen LogP contribution in [0.4, 0.5) is 5.69 Å². The van der Waals surface area contributed by atoms with Crippen LogP contribution in [0.2, 0.25) is 0 Å². The summed E-state index contributed by atoms with van der Waals surface area (Å²) in [6, 6.07) is 12.2. The number of anilines is 1. The Balaban J connectivity index is 2.16. The van der Waals surface area contributed by atoms with E-state index in [0.717, 1.165) is 10.0 Å². The number of benzene rings is 2. The highest BCUT2D eigenvalue weighted by molar-refractivity contribution is 9.10. The van der Waals surface area contributed by atoms with Crippen LogP contribution in [0.1, 0.15) is 15.9 Å². The number of aryl methyl sites for hydroxylation is 1. The van der Waals surface area contributed by atoms with E-state index in [1.165, 1.54) is 6.07 Å². The smallest absolute Gasteiger partial charge is 0.255 e. The van der Waals surface area contributed by atoms with E-state index in [-0.39, 0.29) is 11.7 Å². The topological polar surface area (TPSA) is 49.3 Å². The molecule has 0 aliphatic carbocycles. The van der Waals surface area contributed by atoms with Gasteiger partial charge < -0.3 is 10.4 Å². The van der Waals surface area contributed by atoms with Gasteiger partial charge in [0.2, 0.25) is 0 Å². The number of phenolic OH excluding ortho intramolecular Hbond substituents is 1. The number of phenols is 1. The fourth-order valence-corrected chi connectivity index (χ4v) is 1.75. The van der Waals surface area contributed by atoms with E-state index in [4.69, 9.17) is 0 Å². The molecule has 0 heterocycles. The summed E-state index contributed by atoms with van der Waals surface area (Å²) in [4.78, 5) is 11.9. The predicted molar refractivity (Wildman–Crippen MR) is 74.9 cm³/mol. The van der Waals surface area contributed by atoms with Crippen LogP contribution in [0.15, 0.2) is 46.9 Å². The van der Waals surface area contributed by atoms with Crippen molar-refractivity contribution in [3.05, 3.63) is 58.1 Å². The lowest BCUT2D eigenvalue weighted by Crippen LogP contribution is -2.11. The molecule has 0 bridgehead atoms. The molecule has 4 heteroatoms. The molecule has 18 heavy (non-hydrogen) atoms. The minimum atomic E-state index is -0.243. The Morgan fingerprint density at radius 1 is 1.17 bits per heavy atom.